The van der Waals surface area contributed by atoms with E-state index in [1.54, 1.807) is 6.92 Å². The third-order valence-corrected chi connectivity index (χ3v) is 3.93. The maximum absolute atomic E-state index is 11.2. The van der Waals surface area contributed by atoms with Crippen LogP contribution in [0.5, 0.6) is 0 Å². The highest BCUT2D eigenvalue weighted by atomic mass is 16.5. The summed E-state index contributed by atoms with van der Waals surface area (Å²) < 4.78 is 5.07. The first kappa shape index (κ1) is 22.7. The molecule has 138 valence electrons. The molecule has 0 heterocycles. The number of hydrogen-bond acceptors (Lipinski definition) is 2. The topological polar surface area (TPSA) is 26.3 Å². The average Bonchev–Trinajstić information content (AvgIpc) is 2.57. The van der Waals surface area contributed by atoms with Crippen molar-refractivity contribution in [2.24, 2.45) is 0 Å². The lowest BCUT2D eigenvalue weighted by molar-refractivity contribution is -0.139. The highest BCUT2D eigenvalue weighted by Crippen LogP contribution is 2.08. The molecule has 0 rings (SSSR count). The molecule has 0 fully saturated rings. The first-order valence-corrected chi connectivity index (χ1v) is 9.81. The fourth-order valence-corrected chi connectivity index (χ4v) is 2.38. The highest BCUT2D eigenvalue weighted by Gasteiger charge is 2.01. The zero-order valence-electron chi connectivity index (χ0n) is 16.0. The molecular formula is C22H38O2. The Balaban J connectivity index is 3.23. The minimum atomic E-state index is -0.266. The van der Waals surface area contributed by atoms with E-state index in [2.05, 4.69) is 37.8 Å². The molecule has 0 aromatic rings. The van der Waals surface area contributed by atoms with Gasteiger partial charge >= 0.3 is 5.97 Å². The molecule has 0 spiro atoms. The van der Waals surface area contributed by atoms with E-state index in [0.717, 1.165) is 19.3 Å². The molecule has 0 bridgehead atoms. The third kappa shape index (κ3) is 17.1. The van der Waals surface area contributed by atoms with Gasteiger partial charge in [0.05, 0.1) is 6.61 Å². The Morgan fingerprint density at radius 1 is 0.833 bits per heavy atom. The zero-order valence-corrected chi connectivity index (χ0v) is 16.0. The van der Waals surface area contributed by atoms with Crippen LogP contribution in [0.1, 0.15) is 90.9 Å². The van der Waals surface area contributed by atoms with Crippen molar-refractivity contribution in [3.05, 3.63) is 36.5 Å². The maximum atomic E-state index is 11.2. The number of carbonyl (C=O) groups is 1. The van der Waals surface area contributed by atoms with Gasteiger partial charge in [-0.25, -0.2) is 4.79 Å². The first-order valence-electron chi connectivity index (χ1n) is 9.81. The van der Waals surface area contributed by atoms with E-state index in [1.165, 1.54) is 57.8 Å². The Morgan fingerprint density at radius 2 is 1.38 bits per heavy atom. The largest absolute Gasteiger partial charge is 0.462 e. The summed E-state index contributed by atoms with van der Waals surface area (Å²) in [5.74, 6) is -0.266. The molecule has 0 atom stereocenters. The second kappa shape index (κ2) is 18.0. The molecule has 0 unspecified atom stereocenters. The van der Waals surface area contributed by atoms with Crippen LogP contribution in [-0.4, -0.2) is 12.6 Å². The molecule has 24 heavy (non-hydrogen) atoms. The number of unbranched alkanes of at least 4 members (excludes halogenated alkanes) is 9. The lowest BCUT2D eigenvalue weighted by Gasteiger charge is -2.04. The van der Waals surface area contributed by atoms with Crippen LogP contribution in [0.4, 0.5) is 0 Å². The molecule has 0 N–H and O–H groups in total. The SMILES string of the molecule is C=C(C)C(=O)OCCCCCCCC/C=C\C/C=C\CCCCC. The fourth-order valence-electron chi connectivity index (χ4n) is 2.38. The van der Waals surface area contributed by atoms with Crippen molar-refractivity contribution in [3.63, 3.8) is 0 Å². The summed E-state index contributed by atoms with van der Waals surface area (Å²) >= 11 is 0. The summed E-state index contributed by atoms with van der Waals surface area (Å²) in [5, 5.41) is 0. The van der Waals surface area contributed by atoms with Crippen LogP contribution < -0.4 is 0 Å². The van der Waals surface area contributed by atoms with Crippen molar-refractivity contribution in [2.75, 3.05) is 6.61 Å². The standard InChI is InChI=1S/C22H38O2/c1-4-5-6-7-8-9-10-11-12-13-14-15-16-17-18-19-20-24-22(23)21(2)3/h8-9,11-12H,2,4-7,10,13-20H2,1,3H3/b9-8-,12-11-. The van der Waals surface area contributed by atoms with Gasteiger partial charge in [-0.15, -0.1) is 0 Å². The van der Waals surface area contributed by atoms with Crippen molar-refractivity contribution in [1.82, 2.24) is 0 Å². The molecule has 0 amide bonds. The van der Waals surface area contributed by atoms with E-state index in [9.17, 15) is 4.79 Å². The number of allylic oxidation sites excluding steroid dienone is 4. The van der Waals surface area contributed by atoms with E-state index in [4.69, 9.17) is 4.74 Å². The van der Waals surface area contributed by atoms with Gasteiger partial charge in [0.1, 0.15) is 0 Å². The van der Waals surface area contributed by atoms with Crippen molar-refractivity contribution in [1.29, 1.82) is 0 Å². The van der Waals surface area contributed by atoms with Gasteiger partial charge in [-0.05, 0) is 45.4 Å². The molecule has 2 nitrogen and oxygen atoms in total. The van der Waals surface area contributed by atoms with E-state index in [1.807, 2.05) is 0 Å². The molecule has 0 aliphatic carbocycles. The quantitative estimate of drug-likeness (QED) is 0.132. The van der Waals surface area contributed by atoms with Crippen LogP contribution in [-0.2, 0) is 9.53 Å². The number of ether oxygens (including phenoxy) is 1. The maximum Gasteiger partial charge on any atom is 0.333 e. The van der Waals surface area contributed by atoms with Crippen LogP contribution in [0.25, 0.3) is 0 Å². The van der Waals surface area contributed by atoms with Gasteiger partial charge < -0.3 is 4.74 Å². The van der Waals surface area contributed by atoms with Crippen molar-refractivity contribution >= 4 is 5.97 Å². The Morgan fingerprint density at radius 3 is 1.96 bits per heavy atom. The van der Waals surface area contributed by atoms with Crippen LogP contribution in [0.3, 0.4) is 0 Å². The monoisotopic (exact) mass is 334 g/mol. The molecule has 0 aromatic heterocycles. The molecule has 0 aliphatic heterocycles. The molecule has 0 saturated heterocycles. The fraction of sp³-hybridized carbons (Fsp3) is 0.682. The van der Waals surface area contributed by atoms with Crippen LogP contribution >= 0.6 is 0 Å². The highest BCUT2D eigenvalue weighted by molar-refractivity contribution is 5.86. The molecule has 2 heteroatoms. The summed E-state index contributed by atoms with van der Waals surface area (Å²) in [6.07, 6.45) is 23.9. The van der Waals surface area contributed by atoms with Gasteiger partial charge in [0.15, 0.2) is 0 Å². The molecule has 0 aliphatic rings. The van der Waals surface area contributed by atoms with E-state index in [-0.39, 0.29) is 5.97 Å². The Kier molecular flexibility index (Phi) is 17.1. The van der Waals surface area contributed by atoms with Gasteiger partial charge in [0.2, 0.25) is 0 Å². The lowest BCUT2D eigenvalue weighted by atomic mass is 10.1. The van der Waals surface area contributed by atoms with E-state index in [0.29, 0.717) is 12.2 Å². The van der Waals surface area contributed by atoms with Gasteiger partial charge in [-0.2, -0.15) is 0 Å². The average molecular weight is 335 g/mol. The number of carbonyl (C=O) groups excluding carboxylic acids is 1. The molecule has 0 aromatic carbocycles. The summed E-state index contributed by atoms with van der Waals surface area (Å²) in [5.41, 5.74) is 0.482. The number of hydrogen-bond donors (Lipinski definition) is 0. The summed E-state index contributed by atoms with van der Waals surface area (Å²) in [6, 6.07) is 0. The Bertz CT molecular complexity index is 366. The molecule has 0 saturated carbocycles. The third-order valence-electron chi connectivity index (χ3n) is 3.93. The number of esters is 1. The minimum absolute atomic E-state index is 0.266. The van der Waals surface area contributed by atoms with Crippen LogP contribution in [0.2, 0.25) is 0 Å². The first-order chi connectivity index (χ1) is 11.7. The van der Waals surface area contributed by atoms with E-state index >= 15 is 0 Å². The molecule has 0 radical (unpaired) electrons. The zero-order chi connectivity index (χ0) is 17.9. The second-order valence-corrected chi connectivity index (χ2v) is 6.50. The summed E-state index contributed by atoms with van der Waals surface area (Å²) in [7, 11) is 0. The molecular weight excluding hydrogens is 296 g/mol. The van der Waals surface area contributed by atoms with Gasteiger partial charge in [0, 0.05) is 5.57 Å². The lowest BCUT2D eigenvalue weighted by Crippen LogP contribution is -2.05. The van der Waals surface area contributed by atoms with E-state index < -0.39 is 0 Å². The summed E-state index contributed by atoms with van der Waals surface area (Å²) in [6.45, 7) is 8.02. The van der Waals surface area contributed by atoms with Crippen LogP contribution in [0, 0.1) is 0 Å². The van der Waals surface area contributed by atoms with Crippen molar-refractivity contribution < 1.29 is 9.53 Å². The predicted molar refractivity (Wildman–Crippen MR) is 105 cm³/mol. The van der Waals surface area contributed by atoms with Crippen LogP contribution in [0.15, 0.2) is 36.5 Å². The van der Waals surface area contributed by atoms with Crippen molar-refractivity contribution in [2.45, 2.75) is 90.9 Å². The predicted octanol–water partition coefficient (Wildman–Crippen LogP) is 6.92. The Hall–Kier alpha value is -1.31. The smallest absolute Gasteiger partial charge is 0.333 e. The Labute approximate surface area is 150 Å². The van der Waals surface area contributed by atoms with Gasteiger partial charge in [-0.1, -0.05) is 76.3 Å². The second-order valence-electron chi connectivity index (χ2n) is 6.50. The summed E-state index contributed by atoms with van der Waals surface area (Å²) in [4.78, 5) is 11.2. The van der Waals surface area contributed by atoms with Crippen molar-refractivity contribution in [3.8, 4) is 0 Å². The van der Waals surface area contributed by atoms with Gasteiger partial charge in [0.25, 0.3) is 0 Å². The number of rotatable bonds is 16. The minimum Gasteiger partial charge on any atom is -0.462 e. The normalized spacial score (nSPS) is 11.4. The van der Waals surface area contributed by atoms with Gasteiger partial charge in [-0.3, -0.25) is 0 Å².